The summed E-state index contributed by atoms with van der Waals surface area (Å²) in [6, 6.07) is 0.332. The molecule has 6 heteroatoms. The van der Waals surface area contributed by atoms with E-state index in [2.05, 4.69) is 17.3 Å². The summed E-state index contributed by atoms with van der Waals surface area (Å²) >= 11 is 5.48. The van der Waals surface area contributed by atoms with E-state index in [1.54, 1.807) is 4.90 Å². The molecule has 0 aromatic carbocycles. The molecule has 0 aliphatic carbocycles. The molecule has 2 unspecified atom stereocenters. The number of nitrogens with one attached hydrogen (secondary N) is 1. The molecule has 3 amide bonds. The van der Waals surface area contributed by atoms with Gasteiger partial charge in [-0.15, -0.1) is 11.6 Å². The molecular weight excluding hydrogens is 266 g/mol. The fraction of sp³-hybridized carbons (Fsp3) is 0.846. The number of likely N-dealkylation sites (tertiary alicyclic amines) is 2. The van der Waals surface area contributed by atoms with Gasteiger partial charge >= 0.3 is 6.03 Å². The molecule has 5 nitrogen and oxygen atoms in total. The quantitative estimate of drug-likeness (QED) is 0.778. The van der Waals surface area contributed by atoms with Crippen LogP contribution in [0.25, 0.3) is 0 Å². The fourth-order valence-electron chi connectivity index (χ4n) is 3.18. The zero-order valence-electron chi connectivity index (χ0n) is 11.4. The molecule has 2 rings (SSSR count). The Hall–Kier alpha value is -0.810. The molecule has 19 heavy (non-hydrogen) atoms. The van der Waals surface area contributed by atoms with Gasteiger partial charge in [-0.1, -0.05) is 0 Å². The molecule has 0 aromatic rings. The third kappa shape index (κ3) is 3.60. The van der Waals surface area contributed by atoms with Crippen LogP contribution in [0.1, 0.15) is 25.7 Å². The van der Waals surface area contributed by atoms with Crippen molar-refractivity contribution in [3.05, 3.63) is 0 Å². The first-order valence-corrected chi connectivity index (χ1v) is 7.50. The Morgan fingerprint density at radius 1 is 1.32 bits per heavy atom. The summed E-state index contributed by atoms with van der Waals surface area (Å²) in [5.41, 5.74) is 0. The standard InChI is InChI=1S/C13H22ClN3O2/c1-16-7-2-3-10-9-17(8-5-11(10)16)13(19)15-12(18)4-6-14/h10-11H,2-9H2,1H3,(H,15,18,19). The molecule has 108 valence electrons. The van der Waals surface area contributed by atoms with Gasteiger partial charge in [0.1, 0.15) is 0 Å². The zero-order valence-corrected chi connectivity index (χ0v) is 12.2. The second-order valence-corrected chi connectivity index (χ2v) is 5.86. The maximum Gasteiger partial charge on any atom is 0.324 e. The van der Waals surface area contributed by atoms with E-state index in [0.717, 1.165) is 26.1 Å². The third-order valence-electron chi connectivity index (χ3n) is 4.20. The second-order valence-electron chi connectivity index (χ2n) is 5.48. The van der Waals surface area contributed by atoms with Crippen molar-refractivity contribution in [1.82, 2.24) is 15.1 Å². The predicted octanol–water partition coefficient (Wildman–Crippen LogP) is 1.27. The van der Waals surface area contributed by atoms with E-state index < -0.39 is 0 Å². The van der Waals surface area contributed by atoms with Gasteiger partial charge in [-0.3, -0.25) is 10.1 Å². The number of imide groups is 1. The van der Waals surface area contributed by atoms with Crippen LogP contribution in [0, 0.1) is 5.92 Å². The van der Waals surface area contributed by atoms with Crippen molar-refractivity contribution in [1.29, 1.82) is 0 Å². The topological polar surface area (TPSA) is 52.6 Å². The highest BCUT2D eigenvalue weighted by Gasteiger charge is 2.35. The lowest BCUT2D eigenvalue weighted by molar-refractivity contribution is -0.119. The highest BCUT2D eigenvalue weighted by atomic mass is 35.5. The van der Waals surface area contributed by atoms with Crippen molar-refractivity contribution >= 4 is 23.5 Å². The van der Waals surface area contributed by atoms with Gasteiger partial charge in [-0.25, -0.2) is 4.79 Å². The highest BCUT2D eigenvalue weighted by molar-refractivity contribution is 6.19. The Kier molecular flexibility index (Phi) is 5.05. The van der Waals surface area contributed by atoms with Gasteiger partial charge in [-0.2, -0.15) is 0 Å². The average Bonchev–Trinajstić information content (AvgIpc) is 2.38. The molecule has 2 heterocycles. The molecule has 2 atom stereocenters. The summed E-state index contributed by atoms with van der Waals surface area (Å²) < 4.78 is 0. The number of piperidine rings is 2. The van der Waals surface area contributed by atoms with Gasteiger partial charge in [0.15, 0.2) is 0 Å². The molecule has 0 bridgehead atoms. The van der Waals surface area contributed by atoms with Gasteiger partial charge in [-0.05, 0) is 38.8 Å². The van der Waals surface area contributed by atoms with Gasteiger partial charge in [0, 0.05) is 31.4 Å². The number of halogens is 1. The predicted molar refractivity (Wildman–Crippen MR) is 74.2 cm³/mol. The molecule has 2 aliphatic rings. The van der Waals surface area contributed by atoms with Crippen LogP contribution in [0.3, 0.4) is 0 Å². The van der Waals surface area contributed by atoms with Crippen LogP contribution in [0.4, 0.5) is 4.79 Å². The van der Waals surface area contributed by atoms with E-state index in [9.17, 15) is 9.59 Å². The van der Waals surface area contributed by atoms with E-state index in [-0.39, 0.29) is 24.2 Å². The molecular formula is C13H22ClN3O2. The number of rotatable bonds is 2. The number of hydrogen-bond acceptors (Lipinski definition) is 3. The number of urea groups is 1. The summed E-state index contributed by atoms with van der Waals surface area (Å²) in [6.07, 6.45) is 3.56. The smallest absolute Gasteiger partial charge is 0.324 e. The Morgan fingerprint density at radius 2 is 2.11 bits per heavy atom. The lowest BCUT2D eigenvalue weighted by Crippen LogP contribution is -2.56. The number of fused-ring (bicyclic) bond motifs is 1. The van der Waals surface area contributed by atoms with Crippen LogP contribution in [-0.2, 0) is 4.79 Å². The minimum absolute atomic E-state index is 0.190. The fourth-order valence-corrected chi connectivity index (χ4v) is 3.36. The zero-order chi connectivity index (χ0) is 13.8. The van der Waals surface area contributed by atoms with Crippen molar-refractivity contribution in [2.24, 2.45) is 5.92 Å². The molecule has 0 spiro atoms. The Labute approximate surface area is 119 Å². The van der Waals surface area contributed by atoms with Gasteiger partial charge < -0.3 is 9.80 Å². The van der Waals surface area contributed by atoms with Crippen molar-refractivity contribution < 1.29 is 9.59 Å². The van der Waals surface area contributed by atoms with Crippen LogP contribution in [0.2, 0.25) is 0 Å². The highest BCUT2D eigenvalue weighted by Crippen LogP contribution is 2.29. The number of carbonyl (C=O) groups is 2. The number of nitrogens with zero attached hydrogens (tertiary/aromatic N) is 2. The van der Waals surface area contributed by atoms with E-state index in [1.807, 2.05) is 0 Å². The monoisotopic (exact) mass is 287 g/mol. The van der Waals surface area contributed by atoms with Gasteiger partial charge in [0.2, 0.25) is 5.91 Å². The van der Waals surface area contributed by atoms with Crippen molar-refractivity contribution in [3.8, 4) is 0 Å². The minimum atomic E-state index is -0.289. The number of hydrogen-bond donors (Lipinski definition) is 1. The molecule has 0 radical (unpaired) electrons. The molecule has 1 N–H and O–H groups in total. The Bertz CT molecular complexity index is 351. The van der Waals surface area contributed by atoms with E-state index in [0.29, 0.717) is 12.0 Å². The van der Waals surface area contributed by atoms with Gasteiger partial charge in [0.05, 0.1) is 0 Å². The summed E-state index contributed by atoms with van der Waals surface area (Å²) in [5, 5.41) is 2.41. The lowest BCUT2D eigenvalue weighted by Gasteiger charge is -2.45. The molecule has 0 aromatic heterocycles. The third-order valence-corrected chi connectivity index (χ3v) is 4.39. The van der Waals surface area contributed by atoms with Crippen LogP contribution in [-0.4, -0.2) is 60.3 Å². The first-order valence-electron chi connectivity index (χ1n) is 6.96. The first kappa shape index (κ1) is 14.6. The second kappa shape index (κ2) is 6.57. The van der Waals surface area contributed by atoms with E-state index >= 15 is 0 Å². The van der Waals surface area contributed by atoms with Crippen LogP contribution < -0.4 is 5.32 Å². The van der Waals surface area contributed by atoms with Crippen LogP contribution in [0.5, 0.6) is 0 Å². The molecule has 2 fully saturated rings. The molecule has 2 saturated heterocycles. The largest absolute Gasteiger partial charge is 0.324 e. The van der Waals surface area contributed by atoms with Crippen molar-refractivity contribution in [2.45, 2.75) is 31.7 Å². The number of amides is 3. The number of carbonyl (C=O) groups excluding carboxylic acids is 2. The first-order chi connectivity index (χ1) is 9.11. The Morgan fingerprint density at radius 3 is 2.84 bits per heavy atom. The molecule has 0 saturated carbocycles. The maximum absolute atomic E-state index is 12.0. The van der Waals surface area contributed by atoms with E-state index in [1.165, 1.54) is 12.8 Å². The minimum Gasteiger partial charge on any atom is -0.324 e. The lowest BCUT2D eigenvalue weighted by atomic mass is 9.84. The van der Waals surface area contributed by atoms with Crippen LogP contribution in [0.15, 0.2) is 0 Å². The summed E-state index contributed by atoms with van der Waals surface area (Å²) in [4.78, 5) is 27.5. The average molecular weight is 288 g/mol. The van der Waals surface area contributed by atoms with Crippen LogP contribution >= 0.6 is 11.6 Å². The Balaban J connectivity index is 1.86. The summed E-state index contributed by atoms with van der Waals surface area (Å²) in [5.74, 6) is 0.499. The summed E-state index contributed by atoms with van der Waals surface area (Å²) in [7, 11) is 2.16. The number of alkyl halides is 1. The summed E-state index contributed by atoms with van der Waals surface area (Å²) in [6.45, 7) is 2.64. The molecule has 2 aliphatic heterocycles. The maximum atomic E-state index is 12.0. The normalized spacial score (nSPS) is 27.8. The van der Waals surface area contributed by atoms with E-state index in [4.69, 9.17) is 11.6 Å². The van der Waals surface area contributed by atoms with Gasteiger partial charge in [0.25, 0.3) is 0 Å². The van der Waals surface area contributed by atoms with Crippen molar-refractivity contribution in [2.75, 3.05) is 32.6 Å². The SMILES string of the molecule is CN1CCCC2CN(C(=O)NC(=O)CCCl)CCC21. The van der Waals surface area contributed by atoms with Crippen molar-refractivity contribution in [3.63, 3.8) is 0 Å².